The Morgan fingerprint density at radius 2 is 0.638 bits per heavy atom. The average Bonchev–Trinajstić information content (AvgIpc) is 3.63. The standard InChI is InChI=1S/C43H27N3O/c47-43-37-27-41-34(31-20-10-12-22-38(31)45(41)29-16-6-2-7-17-29)24-33(37)36-26-40-35(25-42(36)46(43)30-18-8-3-9-19-30)32-21-11-13-23-39(32)44(40)28-14-4-1-5-15-28/h1-27H. The monoisotopic (exact) mass is 601 g/mol. The number of pyridine rings is 1. The Bertz CT molecular complexity index is 2900. The molecule has 0 atom stereocenters. The molecular weight excluding hydrogens is 574 g/mol. The van der Waals surface area contributed by atoms with E-state index < -0.39 is 0 Å². The molecule has 10 aromatic rings. The van der Waals surface area contributed by atoms with Crippen molar-refractivity contribution in [2.24, 2.45) is 0 Å². The molecule has 0 aliphatic rings. The third-order valence-corrected chi connectivity index (χ3v) is 9.61. The zero-order valence-corrected chi connectivity index (χ0v) is 25.3. The van der Waals surface area contributed by atoms with E-state index in [9.17, 15) is 4.79 Å². The second-order valence-electron chi connectivity index (χ2n) is 12.2. The number of nitrogens with zero attached hydrogens (tertiary/aromatic N) is 3. The van der Waals surface area contributed by atoms with Crippen molar-refractivity contribution in [3.63, 3.8) is 0 Å². The first-order chi connectivity index (χ1) is 23.3. The minimum Gasteiger partial charge on any atom is -0.309 e. The number of fused-ring (bicyclic) bond motifs is 9. The lowest BCUT2D eigenvalue weighted by Crippen LogP contribution is -2.19. The van der Waals surface area contributed by atoms with Crippen LogP contribution in [0, 0.1) is 0 Å². The Kier molecular flexibility index (Phi) is 5.40. The predicted octanol–water partition coefficient (Wildman–Crippen LogP) is 10.3. The van der Waals surface area contributed by atoms with Gasteiger partial charge in [0.2, 0.25) is 0 Å². The maximum Gasteiger partial charge on any atom is 0.263 e. The van der Waals surface area contributed by atoms with Gasteiger partial charge in [0, 0.05) is 44.0 Å². The van der Waals surface area contributed by atoms with Gasteiger partial charge in [0.1, 0.15) is 0 Å². The van der Waals surface area contributed by atoms with Crippen LogP contribution in [0.5, 0.6) is 0 Å². The van der Waals surface area contributed by atoms with E-state index in [2.05, 4.69) is 137 Å². The van der Waals surface area contributed by atoms with Crippen molar-refractivity contribution in [1.82, 2.24) is 13.7 Å². The van der Waals surface area contributed by atoms with Crippen LogP contribution in [0.25, 0.3) is 82.3 Å². The molecule has 3 aromatic heterocycles. The van der Waals surface area contributed by atoms with Crippen molar-refractivity contribution in [2.75, 3.05) is 0 Å². The van der Waals surface area contributed by atoms with E-state index in [0.717, 1.165) is 77.0 Å². The van der Waals surface area contributed by atoms with Gasteiger partial charge in [-0.05, 0) is 78.2 Å². The molecule has 0 spiro atoms. The second-order valence-corrected chi connectivity index (χ2v) is 12.2. The van der Waals surface area contributed by atoms with E-state index in [0.29, 0.717) is 5.39 Å². The molecule has 0 amide bonds. The van der Waals surface area contributed by atoms with Gasteiger partial charge in [0.05, 0.1) is 33.0 Å². The Hall–Kier alpha value is -6.39. The van der Waals surface area contributed by atoms with Crippen molar-refractivity contribution in [1.29, 1.82) is 0 Å². The van der Waals surface area contributed by atoms with Crippen molar-refractivity contribution in [3.8, 4) is 17.1 Å². The summed E-state index contributed by atoms with van der Waals surface area (Å²) in [5.41, 5.74) is 8.25. The first-order valence-electron chi connectivity index (χ1n) is 15.9. The Morgan fingerprint density at radius 3 is 1.15 bits per heavy atom. The van der Waals surface area contributed by atoms with Gasteiger partial charge in [-0.1, -0.05) is 91.0 Å². The molecule has 0 unspecified atom stereocenters. The molecule has 0 N–H and O–H groups in total. The molecule has 7 aromatic carbocycles. The molecule has 47 heavy (non-hydrogen) atoms. The summed E-state index contributed by atoms with van der Waals surface area (Å²) >= 11 is 0. The number of benzene rings is 7. The van der Waals surface area contributed by atoms with E-state index in [1.807, 2.05) is 41.0 Å². The fourth-order valence-corrected chi connectivity index (χ4v) is 7.59. The summed E-state index contributed by atoms with van der Waals surface area (Å²) in [5.74, 6) is 0. The lowest BCUT2D eigenvalue weighted by atomic mass is 10.0. The zero-order chi connectivity index (χ0) is 31.1. The smallest absolute Gasteiger partial charge is 0.263 e. The highest BCUT2D eigenvalue weighted by Crippen LogP contribution is 2.40. The molecular formula is C43H27N3O. The predicted molar refractivity (Wildman–Crippen MR) is 196 cm³/mol. The molecule has 4 heteroatoms. The van der Waals surface area contributed by atoms with Crippen LogP contribution in [-0.4, -0.2) is 13.7 Å². The van der Waals surface area contributed by atoms with Crippen molar-refractivity contribution < 1.29 is 0 Å². The molecule has 220 valence electrons. The fourth-order valence-electron chi connectivity index (χ4n) is 7.59. The summed E-state index contributed by atoms with van der Waals surface area (Å²) in [7, 11) is 0. The maximum absolute atomic E-state index is 14.8. The molecule has 10 rings (SSSR count). The summed E-state index contributed by atoms with van der Waals surface area (Å²) in [6, 6.07) is 56.9. The summed E-state index contributed by atoms with van der Waals surface area (Å²) in [4.78, 5) is 14.8. The number of rotatable bonds is 3. The van der Waals surface area contributed by atoms with Gasteiger partial charge in [-0.15, -0.1) is 0 Å². The van der Waals surface area contributed by atoms with E-state index in [4.69, 9.17) is 0 Å². The molecule has 0 aliphatic heterocycles. The minimum atomic E-state index is -0.0309. The molecule has 3 heterocycles. The molecule has 0 saturated heterocycles. The molecule has 0 bridgehead atoms. The highest BCUT2D eigenvalue weighted by molar-refractivity contribution is 6.21. The zero-order valence-electron chi connectivity index (χ0n) is 25.3. The molecule has 0 radical (unpaired) electrons. The van der Waals surface area contributed by atoms with Crippen LogP contribution in [0.15, 0.2) is 169 Å². The summed E-state index contributed by atoms with van der Waals surface area (Å²) in [6.45, 7) is 0. The molecule has 0 aliphatic carbocycles. The van der Waals surface area contributed by atoms with E-state index in [1.54, 1.807) is 0 Å². The van der Waals surface area contributed by atoms with Crippen LogP contribution >= 0.6 is 0 Å². The van der Waals surface area contributed by atoms with Gasteiger partial charge >= 0.3 is 0 Å². The largest absolute Gasteiger partial charge is 0.309 e. The first-order valence-corrected chi connectivity index (χ1v) is 15.9. The number of aromatic nitrogens is 3. The van der Waals surface area contributed by atoms with Gasteiger partial charge in [-0.3, -0.25) is 9.36 Å². The molecule has 0 saturated carbocycles. The topological polar surface area (TPSA) is 31.9 Å². The number of para-hydroxylation sites is 5. The van der Waals surface area contributed by atoms with Crippen LogP contribution in [0.3, 0.4) is 0 Å². The Labute approximate surface area is 269 Å². The van der Waals surface area contributed by atoms with Gasteiger partial charge in [-0.25, -0.2) is 0 Å². The van der Waals surface area contributed by atoms with Crippen LogP contribution < -0.4 is 5.56 Å². The van der Waals surface area contributed by atoms with Crippen molar-refractivity contribution in [3.05, 3.63) is 174 Å². The summed E-state index contributed by atoms with van der Waals surface area (Å²) in [5, 5.41) is 7.23. The van der Waals surface area contributed by atoms with Crippen molar-refractivity contribution >= 4 is 65.3 Å². The average molecular weight is 602 g/mol. The minimum absolute atomic E-state index is 0.0309. The third-order valence-electron chi connectivity index (χ3n) is 9.61. The van der Waals surface area contributed by atoms with Gasteiger partial charge < -0.3 is 9.13 Å². The normalized spacial score (nSPS) is 11.9. The Morgan fingerprint density at radius 1 is 0.277 bits per heavy atom. The van der Waals surface area contributed by atoms with Gasteiger partial charge in [0.15, 0.2) is 0 Å². The maximum atomic E-state index is 14.8. The van der Waals surface area contributed by atoms with Crippen LogP contribution in [0.4, 0.5) is 0 Å². The van der Waals surface area contributed by atoms with Gasteiger partial charge in [0.25, 0.3) is 5.56 Å². The summed E-state index contributed by atoms with van der Waals surface area (Å²) < 4.78 is 6.51. The van der Waals surface area contributed by atoms with Crippen LogP contribution in [0.2, 0.25) is 0 Å². The SMILES string of the molecule is O=c1c2cc3c(cc2c2cc4c(cc2n1-c1ccccc1)c1ccccc1n4-c1ccccc1)c1ccccc1n3-c1ccccc1. The fraction of sp³-hybridized carbons (Fsp3) is 0. The quantitative estimate of drug-likeness (QED) is 0.185. The Balaban J connectivity index is 1.44. The number of hydrogen-bond donors (Lipinski definition) is 0. The van der Waals surface area contributed by atoms with Crippen molar-refractivity contribution in [2.45, 2.75) is 0 Å². The lowest BCUT2D eigenvalue weighted by molar-refractivity contribution is 1.06. The van der Waals surface area contributed by atoms with Gasteiger partial charge in [-0.2, -0.15) is 0 Å². The van der Waals surface area contributed by atoms with E-state index in [1.165, 1.54) is 0 Å². The highest BCUT2D eigenvalue weighted by atomic mass is 16.1. The summed E-state index contributed by atoms with van der Waals surface area (Å²) in [6.07, 6.45) is 0. The molecule has 0 fully saturated rings. The molecule has 4 nitrogen and oxygen atoms in total. The van der Waals surface area contributed by atoms with Crippen LogP contribution in [0.1, 0.15) is 0 Å². The second kappa shape index (κ2) is 9.80. The third kappa shape index (κ3) is 3.67. The van der Waals surface area contributed by atoms with E-state index >= 15 is 0 Å². The number of hydrogen-bond acceptors (Lipinski definition) is 1. The first kappa shape index (κ1) is 25.9. The van der Waals surface area contributed by atoms with Crippen LogP contribution in [-0.2, 0) is 0 Å². The highest BCUT2D eigenvalue weighted by Gasteiger charge is 2.21. The van der Waals surface area contributed by atoms with E-state index in [-0.39, 0.29) is 5.56 Å². The lowest BCUT2D eigenvalue weighted by Gasteiger charge is -2.15.